The van der Waals surface area contributed by atoms with Crippen molar-refractivity contribution in [2.75, 3.05) is 12.3 Å². The van der Waals surface area contributed by atoms with Crippen LogP contribution in [0.25, 0.3) is 0 Å². The topological polar surface area (TPSA) is 112 Å². The van der Waals surface area contributed by atoms with E-state index in [2.05, 4.69) is 0 Å². The standard InChI is InChI=1S/C13H13F6NO6P2/c14-12(15,16)27(23,24)7-10(21)20(6-9-4-2-1-3-5-9)11(22)8-28(25,26)13(17,18)19/h1-5H,6-8H2,(H,23,24)(H,25,26). The van der Waals surface area contributed by atoms with E-state index in [4.69, 9.17) is 9.79 Å². The van der Waals surface area contributed by atoms with Crippen LogP contribution in [0, 0.1) is 0 Å². The predicted molar refractivity (Wildman–Crippen MR) is 83.5 cm³/mol. The third-order valence-electron chi connectivity index (χ3n) is 3.28. The Bertz CT molecular complexity index is 777. The monoisotopic (exact) mass is 455 g/mol. The number of nitrogens with zero attached hydrogens (tertiary/aromatic N) is 1. The molecule has 0 heterocycles. The molecule has 0 aliphatic rings. The fourth-order valence-corrected chi connectivity index (χ4v) is 3.23. The molecule has 0 radical (unpaired) electrons. The van der Waals surface area contributed by atoms with Crippen LogP contribution in [0.3, 0.4) is 0 Å². The van der Waals surface area contributed by atoms with Crippen LogP contribution >= 0.6 is 14.7 Å². The molecule has 0 aliphatic heterocycles. The number of benzene rings is 1. The second kappa shape index (κ2) is 8.36. The van der Waals surface area contributed by atoms with Crippen molar-refractivity contribution in [1.29, 1.82) is 0 Å². The van der Waals surface area contributed by atoms with E-state index < -0.39 is 57.3 Å². The quantitative estimate of drug-likeness (QED) is 0.504. The van der Waals surface area contributed by atoms with E-state index in [-0.39, 0.29) is 10.5 Å². The van der Waals surface area contributed by atoms with Crippen LogP contribution in [0.5, 0.6) is 0 Å². The average molecular weight is 455 g/mol. The molecule has 1 rings (SSSR count). The molecule has 28 heavy (non-hydrogen) atoms. The molecule has 0 saturated heterocycles. The normalized spacial score (nSPS) is 16.7. The molecule has 0 bridgehead atoms. The highest BCUT2D eigenvalue weighted by Crippen LogP contribution is 2.58. The summed E-state index contributed by atoms with van der Waals surface area (Å²) in [5.74, 6) is -15.2. The number of carbonyl (C=O) groups excluding carboxylic acids is 2. The molecule has 158 valence electrons. The summed E-state index contributed by atoms with van der Waals surface area (Å²) in [6.45, 7) is -0.867. The number of hydrogen-bond acceptors (Lipinski definition) is 4. The summed E-state index contributed by atoms with van der Waals surface area (Å²) >= 11 is 0. The molecule has 0 fully saturated rings. The Hall–Kier alpha value is -1.68. The zero-order valence-electron chi connectivity index (χ0n) is 13.6. The Morgan fingerprint density at radius 3 is 1.50 bits per heavy atom. The number of imide groups is 1. The highest BCUT2D eigenvalue weighted by atomic mass is 31.2. The van der Waals surface area contributed by atoms with E-state index in [1.54, 1.807) is 0 Å². The fraction of sp³-hybridized carbons (Fsp3) is 0.385. The molecule has 1 aromatic carbocycles. The minimum absolute atomic E-state index is 0.0729. The minimum atomic E-state index is -6.11. The number of alkyl halides is 6. The first-order chi connectivity index (χ1) is 12.5. The van der Waals surface area contributed by atoms with E-state index in [1.165, 1.54) is 30.3 Å². The highest BCUT2D eigenvalue weighted by molar-refractivity contribution is 7.60. The Kier molecular flexibility index (Phi) is 7.27. The van der Waals surface area contributed by atoms with E-state index in [9.17, 15) is 45.1 Å². The Labute approximate surface area is 153 Å². The molecule has 0 saturated carbocycles. The van der Waals surface area contributed by atoms with Crippen molar-refractivity contribution in [3.05, 3.63) is 35.9 Å². The molecule has 0 spiro atoms. The third-order valence-corrected chi connectivity index (χ3v) is 6.26. The molecule has 2 atom stereocenters. The van der Waals surface area contributed by atoms with Gasteiger partial charge in [0.1, 0.15) is 12.3 Å². The molecule has 0 aromatic heterocycles. The van der Waals surface area contributed by atoms with Crippen LogP contribution in [0.15, 0.2) is 30.3 Å². The van der Waals surface area contributed by atoms with E-state index >= 15 is 0 Å². The Balaban J connectivity index is 3.19. The van der Waals surface area contributed by atoms with Crippen molar-refractivity contribution in [2.24, 2.45) is 0 Å². The largest absolute Gasteiger partial charge is 0.466 e. The zero-order chi connectivity index (χ0) is 22.0. The van der Waals surface area contributed by atoms with E-state index in [1.807, 2.05) is 0 Å². The van der Waals surface area contributed by atoms with Gasteiger partial charge in [-0.25, -0.2) is 0 Å². The van der Waals surface area contributed by atoms with Gasteiger partial charge in [0.05, 0.1) is 6.54 Å². The Morgan fingerprint density at radius 1 is 0.821 bits per heavy atom. The smallest absolute Gasteiger partial charge is 0.338 e. The van der Waals surface area contributed by atoms with Crippen LogP contribution in [0.2, 0.25) is 0 Å². The molecule has 2 N–H and O–H groups in total. The van der Waals surface area contributed by atoms with Gasteiger partial charge in [0, 0.05) is 0 Å². The van der Waals surface area contributed by atoms with Crippen molar-refractivity contribution in [1.82, 2.24) is 4.90 Å². The first-order valence-corrected chi connectivity index (χ1v) is 10.8. The zero-order valence-corrected chi connectivity index (χ0v) is 15.4. The van der Waals surface area contributed by atoms with Gasteiger partial charge in [0.25, 0.3) is 0 Å². The van der Waals surface area contributed by atoms with Crippen molar-refractivity contribution < 1.29 is 54.8 Å². The maximum Gasteiger partial charge on any atom is 0.466 e. The lowest BCUT2D eigenvalue weighted by Gasteiger charge is -2.24. The van der Waals surface area contributed by atoms with Crippen LogP contribution < -0.4 is 0 Å². The molecular formula is C13H13F6NO6P2. The summed E-state index contributed by atoms with van der Waals surface area (Å²) in [5, 5.41) is 0. The lowest BCUT2D eigenvalue weighted by atomic mass is 10.2. The number of rotatable bonds is 6. The number of carbonyl (C=O) groups is 2. The van der Waals surface area contributed by atoms with Crippen LogP contribution in [-0.4, -0.2) is 50.7 Å². The SMILES string of the molecule is O=C(CP(=O)(O)C(F)(F)F)N(Cc1ccccc1)C(=O)CP(=O)(O)C(F)(F)F. The van der Waals surface area contributed by atoms with Crippen LogP contribution in [0.1, 0.15) is 5.56 Å². The summed E-state index contributed by atoms with van der Waals surface area (Å²) < 4.78 is 97.6. The van der Waals surface area contributed by atoms with Crippen molar-refractivity contribution in [3.8, 4) is 0 Å². The summed E-state index contributed by atoms with van der Waals surface area (Å²) in [5.41, 5.74) is 0.0729. The first kappa shape index (κ1) is 24.4. The van der Waals surface area contributed by atoms with Gasteiger partial charge in [0.2, 0.25) is 11.8 Å². The van der Waals surface area contributed by atoms with Gasteiger partial charge in [-0.2, -0.15) is 26.3 Å². The maximum absolute atomic E-state index is 12.5. The summed E-state index contributed by atoms with van der Waals surface area (Å²) in [6, 6.07) is 6.76. The second-order valence-corrected chi connectivity index (χ2v) is 9.97. The van der Waals surface area contributed by atoms with Gasteiger partial charge in [-0.15, -0.1) is 0 Å². The first-order valence-electron chi connectivity index (χ1n) is 7.12. The summed E-state index contributed by atoms with van der Waals surface area (Å²) in [7, 11) is -12.2. The molecule has 0 aliphatic carbocycles. The van der Waals surface area contributed by atoms with Gasteiger partial charge in [-0.05, 0) is 5.56 Å². The fourth-order valence-electron chi connectivity index (χ4n) is 1.80. The number of halogens is 6. The minimum Gasteiger partial charge on any atom is -0.338 e. The molecule has 1 aromatic rings. The van der Waals surface area contributed by atoms with E-state index in [0.717, 1.165) is 0 Å². The molecule has 7 nitrogen and oxygen atoms in total. The average Bonchev–Trinajstić information content (AvgIpc) is 2.50. The highest BCUT2D eigenvalue weighted by Gasteiger charge is 2.54. The van der Waals surface area contributed by atoms with Crippen LogP contribution in [0.4, 0.5) is 26.3 Å². The van der Waals surface area contributed by atoms with Gasteiger partial charge in [-0.1, -0.05) is 30.3 Å². The van der Waals surface area contributed by atoms with Crippen LogP contribution in [-0.2, 0) is 25.3 Å². The maximum atomic E-state index is 12.5. The van der Waals surface area contributed by atoms with Gasteiger partial charge >= 0.3 is 26.6 Å². The lowest BCUT2D eigenvalue weighted by Crippen LogP contribution is -2.41. The molecule has 15 heteroatoms. The molecule has 2 amide bonds. The van der Waals surface area contributed by atoms with Crippen molar-refractivity contribution in [3.63, 3.8) is 0 Å². The Morgan fingerprint density at radius 2 is 1.18 bits per heavy atom. The molecular weight excluding hydrogens is 442 g/mol. The van der Waals surface area contributed by atoms with Crippen molar-refractivity contribution >= 4 is 26.6 Å². The predicted octanol–water partition coefficient (Wildman–Crippen LogP) is 3.12. The second-order valence-electron chi connectivity index (χ2n) is 5.51. The molecule has 2 unspecified atom stereocenters. The van der Waals surface area contributed by atoms with Crippen molar-refractivity contribution in [2.45, 2.75) is 18.4 Å². The number of hydrogen-bond donors (Lipinski definition) is 2. The summed E-state index contributed by atoms with van der Waals surface area (Å²) in [4.78, 5) is 41.8. The third kappa shape index (κ3) is 6.16. The van der Waals surface area contributed by atoms with E-state index in [0.29, 0.717) is 0 Å². The number of amides is 2. The lowest BCUT2D eigenvalue weighted by molar-refractivity contribution is -0.143. The van der Waals surface area contributed by atoms with Gasteiger partial charge in [-0.3, -0.25) is 23.6 Å². The van der Waals surface area contributed by atoms with Gasteiger partial charge in [0.15, 0.2) is 0 Å². The summed E-state index contributed by atoms with van der Waals surface area (Å²) in [6.07, 6.45) is -4.23. The van der Waals surface area contributed by atoms with Gasteiger partial charge < -0.3 is 9.79 Å².